The number of carbonyl (C=O) groups is 5. The summed E-state index contributed by atoms with van der Waals surface area (Å²) in [7, 11) is -2.15. The minimum Gasteiger partial charge on any atom is -0.479 e. The number of fused-ring (bicyclic) bond motifs is 1. The summed E-state index contributed by atoms with van der Waals surface area (Å²) >= 11 is 7.39. The van der Waals surface area contributed by atoms with E-state index in [1.165, 1.54) is 13.4 Å². The number of thiophene rings is 1. The lowest BCUT2D eigenvalue weighted by Gasteiger charge is -2.45. The lowest BCUT2D eigenvalue weighted by atomic mass is 9.89. The van der Waals surface area contributed by atoms with Gasteiger partial charge < -0.3 is 35.2 Å². The summed E-state index contributed by atoms with van der Waals surface area (Å²) in [5.41, 5.74) is 3.34. The molecule has 0 spiro atoms. The van der Waals surface area contributed by atoms with E-state index in [2.05, 4.69) is 20.9 Å². The second-order valence-corrected chi connectivity index (χ2v) is 21.3. The minimum atomic E-state index is -3.81. The Morgan fingerprint density at radius 1 is 0.913 bits per heavy atom. The van der Waals surface area contributed by atoms with Crippen molar-refractivity contribution >= 4 is 90.7 Å². The number of nitrogens with one attached hydrogen (secondary N) is 3. The number of carboxylic acids is 2. The van der Waals surface area contributed by atoms with Gasteiger partial charge in [-0.15, -0.1) is 11.3 Å². The molecule has 22 heteroatoms. The first-order chi connectivity index (χ1) is 32.8. The Kier molecular flexibility index (Phi) is 14.2. The van der Waals surface area contributed by atoms with Crippen molar-refractivity contribution in [3.8, 4) is 16.2 Å². The van der Waals surface area contributed by atoms with Crippen LogP contribution in [0.3, 0.4) is 0 Å². The number of carbonyl (C=O) groups excluding carboxylic acids is 3. The maximum absolute atomic E-state index is 14.0. The van der Waals surface area contributed by atoms with E-state index in [1.54, 1.807) is 49.5 Å². The summed E-state index contributed by atoms with van der Waals surface area (Å²) in [6.45, 7) is 4.36. The first-order valence-electron chi connectivity index (χ1n) is 22.4. The van der Waals surface area contributed by atoms with Gasteiger partial charge in [0.2, 0.25) is 27.7 Å². The van der Waals surface area contributed by atoms with Crippen LogP contribution in [0.15, 0.2) is 71.5 Å². The van der Waals surface area contributed by atoms with Crippen LogP contribution in [-0.4, -0.2) is 112 Å². The van der Waals surface area contributed by atoms with Gasteiger partial charge in [0.25, 0.3) is 0 Å². The number of aryl methyl sites for hydroxylation is 1. The summed E-state index contributed by atoms with van der Waals surface area (Å²) in [4.78, 5) is 75.9. The maximum atomic E-state index is 14.0. The Morgan fingerprint density at radius 2 is 1.65 bits per heavy atom. The van der Waals surface area contributed by atoms with E-state index in [9.17, 15) is 42.3 Å². The molecule has 0 aliphatic carbocycles. The molecule has 5 N–H and O–H groups in total. The van der Waals surface area contributed by atoms with Crippen LogP contribution >= 0.6 is 22.9 Å². The van der Waals surface area contributed by atoms with Gasteiger partial charge in [0.1, 0.15) is 17.7 Å². The Hall–Kier alpha value is -6.26. The summed E-state index contributed by atoms with van der Waals surface area (Å²) in [6, 6.07) is 18.7. The Labute approximate surface area is 406 Å². The van der Waals surface area contributed by atoms with Crippen LogP contribution in [0.25, 0.3) is 21.5 Å². The van der Waals surface area contributed by atoms with Crippen LogP contribution in [0.2, 0.25) is 5.02 Å². The van der Waals surface area contributed by atoms with Crippen LogP contribution < -0.4 is 31.3 Å². The molecule has 0 radical (unpaired) electrons. The highest BCUT2D eigenvalue weighted by Gasteiger charge is 2.42. The smallest absolute Gasteiger partial charge is 0.349 e. The van der Waals surface area contributed by atoms with Crippen molar-refractivity contribution in [3.63, 3.8) is 0 Å². The van der Waals surface area contributed by atoms with Gasteiger partial charge in [0.15, 0.2) is 17.2 Å². The van der Waals surface area contributed by atoms with Crippen LogP contribution in [0.5, 0.6) is 5.75 Å². The molecule has 5 aromatic rings. The van der Waals surface area contributed by atoms with E-state index in [0.717, 1.165) is 17.0 Å². The quantitative estimate of drug-likeness (QED) is 0.0748. The number of imide groups is 1. The van der Waals surface area contributed by atoms with Crippen molar-refractivity contribution in [3.05, 3.63) is 92.7 Å². The largest absolute Gasteiger partial charge is 0.479 e. The number of nitrogens with zero attached hydrogens (tertiary/aromatic N) is 4. The normalized spacial score (nSPS) is 19.0. The molecule has 3 aromatic carbocycles. The molecule has 0 saturated carbocycles. The number of aromatic carboxylic acids is 1. The molecular formula is C47H52ClN7O12S2. The zero-order valence-corrected chi connectivity index (χ0v) is 40.4. The van der Waals surface area contributed by atoms with E-state index in [-0.39, 0.29) is 77.0 Å². The topological polar surface area (TPSA) is 248 Å². The Morgan fingerprint density at radius 3 is 2.36 bits per heavy atom. The first kappa shape index (κ1) is 49.2. The number of piperidine rings is 3. The number of benzene rings is 3. The van der Waals surface area contributed by atoms with Crippen molar-refractivity contribution in [1.29, 1.82) is 0 Å². The fourth-order valence-electron chi connectivity index (χ4n) is 9.47. The first-order valence-corrected chi connectivity index (χ1v) is 25.2. The van der Waals surface area contributed by atoms with Gasteiger partial charge in [-0.2, -0.15) is 4.31 Å². The van der Waals surface area contributed by atoms with Crippen LogP contribution in [0, 0.1) is 0 Å². The number of rotatable bonds is 16. The van der Waals surface area contributed by atoms with Gasteiger partial charge in [-0.05, 0) is 99.5 Å². The number of ether oxygens (including phenoxy) is 2. The van der Waals surface area contributed by atoms with Crippen molar-refractivity contribution in [2.24, 2.45) is 7.05 Å². The molecule has 2 atom stereocenters. The minimum absolute atomic E-state index is 0.00493. The molecule has 8 rings (SSSR count). The molecule has 5 heterocycles. The number of imidazole rings is 1. The third kappa shape index (κ3) is 10.8. The predicted molar refractivity (Wildman–Crippen MR) is 260 cm³/mol. The summed E-state index contributed by atoms with van der Waals surface area (Å²) in [6.07, 6.45) is 2.54. The number of hydrogen-bond acceptors (Lipinski definition) is 13. The molecule has 3 aliphatic heterocycles. The van der Waals surface area contributed by atoms with Gasteiger partial charge in [0.05, 0.1) is 27.8 Å². The summed E-state index contributed by atoms with van der Waals surface area (Å²) in [5, 5.41) is 27.4. The van der Waals surface area contributed by atoms with E-state index >= 15 is 0 Å². The lowest BCUT2D eigenvalue weighted by Crippen LogP contribution is -2.55. The molecule has 19 nitrogen and oxygen atoms in total. The molecule has 3 saturated heterocycles. The van der Waals surface area contributed by atoms with Gasteiger partial charge in [-0.1, -0.05) is 35.9 Å². The maximum Gasteiger partial charge on any atom is 0.349 e. The number of aromatic nitrogens is 2. The molecule has 3 fully saturated rings. The number of aliphatic carboxylic acids is 1. The number of halogens is 1. The van der Waals surface area contributed by atoms with Crippen molar-refractivity contribution < 1.29 is 52.1 Å². The lowest BCUT2D eigenvalue weighted by molar-refractivity contribution is -0.139. The highest BCUT2D eigenvalue weighted by atomic mass is 35.5. The molecule has 3 amide bonds. The monoisotopic (exact) mass is 1010 g/mol. The third-order valence-corrected chi connectivity index (χ3v) is 16.4. The predicted octanol–water partition coefficient (Wildman–Crippen LogP) is 5.67. The number of anilines is 3. The van der Waals surface area contributed by atoms with Gasteiger partial charge in [-0.3, -0.25) is 28.8 Å². The Balaban J connectivity index is 0.817. The van der Waals surface area contributed by atoms with Crippen molar-refractivity contribution in [1.82, 2.24) is 18.8 Å². The highest BCUT2D eigenvalue weighted by Crippen LogP contribution is 2.46. The third-order valence-electron chi connectivity index (χ3n) is 12.7. The molecule has 2 aromatic heterocycles. The van der Waals surface area contributed by atoms with E-state index in [0.29, 0.717) is 77.2 Å². The molecule has 3 aliphatic rings. The highest BCUT2D eigenvalue weighted by molar-refractivity contribution is 7.88. The average molecular weight is 1010 g/mol. The second-order valence-electron chi connectivity index (χ2n) is 18.0. The van der Waals surface area contributed by atoms with Gasteiger partial charge >= 0.3 is 17.6 Å². The number of carboxylic acid groups (broad SMARTS) is 2. The van der Waals surface area contributed by atoms with Crippen LogP contribution in [-0.2, 0) is 46.7 Å². The van der Waals surface area contributed by atoms with Crippen LogP contribution in [0.4, 0.5) is 17.1 Å². The summed E-state index contributed by atoms with van der Waals surface area (Å²) in [5.74, 6) is -4.26. The SMILES string of the molecule is Cn1c(=O)n(C2CCC(=O)NC2=O)c2ccc(N3CCC(OCC(=O)Nc4cccc(CS(=O)(=O)N5CC[C@H](Nc6cccc(-c7sc(C(=O)O)c(OCC(=O)O)c7Cl)c6)CC5(C)C)c4)CC3)cc21. The van der Waals surface area contributed by atoms with Gasteiger partial charge in [0, 0.05) is 61.7 Å². The summed E-state index contributed by atoms with van der Waals surface area (Å²) < 4.78 is 43.7. The molecule has 366 valence electrons. The molecule has 1 unspecified atom stereocenters. The van der Waals surface area contributed by atoms with Gasteiger partial charge in [-0.25, -0.2) is 22.8 Å². The van der Waals surface area contributed by atoms with E-state index in [1.807, 2.05) is 38.1 Å². The number of hydrogen-bond donors (Lipinski definition) is 5. The number of amides is 3. The van der Waals surface area contributed by atoms with Crippen molar-refractivity contribution in [2.75, 3.05) is 48.4 Å². The van der Waals surface area contributed by atoms with Crippen molar-refractivity contribution in [2.45, 2.75) is 81.9 Å². The van der Waals surface area contributed by atoms with Crippen LogP contribution in [0.1, 0.15) is 73.6 Å². The standard InChI is InChI=1S/C47H52ClN7O12S2/c1-47(2)23-31(49-30-9-5-7-28(21-30)42-40(48)41(67-25-39(58)59)43(68-42)45(61)62)14-19-54(47)69(64,65)26-27-6-4-8-29(20-27)50-38(57)24-66-33-15-17-53(18-16-33)32-10-11-34-36(22-32)52(3)46(63)55(34)35-12-13-37(56)51-44(35)60/h4-11,20-22,31,33,35,49H,12-19,23-26H2,1-3H3,(H,50,57)(H,58,59)(H,61,62)(H,51,56,60)/t31-,35?/m0/s1. The fraction of sp³-hybridized carbons (Fsp3) is 0.404. The molecule has 69 heavy (non-hydrogen) atoms. The zero-order valence-electron chi connectivity index (χ0n) is 38.0. The second kappa shape index (κ2) is 20.0. The molecular weight excluding hydrogens is 954 g/mol. The number of sulfonamides is 1. The zero-order chi connectivity index (χ0) is 49.4. The average Bonchev–Trinajstić information content (AvgIpc) is 3.75. The fourth-order valence-corrected chi connectivity index (χ4v) is 12.8. The van der Waals surface area contributed by atoms with E-state index in [4.69, 9.17) is 26.2 Å². The molecule has 0 bridgehead atoms. The van der Waals surface area contributed by atoms with E-state index < -0.39 is 46.1 Å². The Bertz CT molecular complexity index is 3010.